The van der Waals surface area contributed by atoms with Gasteiger partial charge >= 0.3 is 12.0 Å². The highest BCUT2D eigenvalue weighted by Gasteiger charge is 2.24. The molecule has 1 fully saturated rings. The second-order valence-electron chi connectivity index (χ2n) is 4.81. The Morgan fingerprint density at radius 3 is 2.85 bits per heavy atom. The quantitative estimate of drug-likeness (QED) is 0.719. The number of piperidine rings is 1. The molecular weight excluding hydrogens is 264 g/mol. The number of hydrogen-bond donors (Lipinski definition) is 2. The van der Waals surface area contributed by atoms with Crippen molar-refractivity contribution in [3.8, 4) is 0 Å². The molecule has 2 N–H and O–H groups in total. The summed E-state index contributed by atoms with van der Waals surface area (Å²) in [7, 11) is 1.44. The van der Waals surface area contributed by atoms with E-state index < -0.39 is 12.1 Å². The zero-order valence-corrected chi connectivity index (χ0v) is 12.1. The molecule has 0 aromatic heterocycles. The Morgan fingerprint density at radius 1 is 1.50 bits per heavy atom. The molecule has 0 aromatic carbocycles. The van der Waals surface area contributed by atoms with Crippen LogP contribution in [0.3, 0.4) is 0 Å². The summed E-state index contributed by atoms with van der Waals surface area (Å²) in [4.78, 5) is 24.3. The summed E-state index contributed by atoms with van der Waals surface area (Å²) >= 11 is 0. The van der Waals surface area contributed by atoms with E-state index in [0.717, 1.165) is 12.8 Å². The first-order valence-electron chi connectivity index (χ1n) is 6.95. The highest BCUT2D eigenvalue weighted by atomic mass is 16.5. The summed E-state index contributed by atoms with van der Waals surface area (Å²) in [5.41, 5.74) is 0. The van der Waals surface area contributed by atoms with Gasteiger partial charge in [-0.1, -0.05) is 0 Å². The van der Waals surface area contributed by atoms with Gasteiger partial charge in [0, 0.05) is 33.4 Å². The Bertz CT molecular complexity index is 322. The number of carboxylic acids is 1. The van der Waals surface area contributed by atoms with Gasteiger partial charge in [-0.15, -0.1) is 0 Å². The highest BCUT2D eigenvalue weighted by molar-refractivity contribution is 5.74. The van der Waals surface area contributed by atoms with Crippen molar-refractivity contribution < 1.29 is 24.2 Å². The molecule has 7 nitrogen and oxygen atoms in total. The molecule has 1 heterocycles. The van der Waals surface area contributed by atoms with E-state index >= 15 is 0 Å². The van der Waals surface area contributed by atoms with Gasteiger partial charge in [0.2, 0.25) is 0 Å². The van der Waals surface area contributed by atoms with Crippen LogP contribution in [-0.2, 0) is 14.3 Å². The lowest BCUT2D eigenvalue weighted by molar-refractivity contribution is -0.139. The number of rotatable bonds is 7. The van der Waals surface area contributed by atoms with Crippen molar-refractivity contribution in [1.29, 1.82) is 0 Å². The number of carbonyl (C=O) groups excluding carboxylic acids is 1. The van der Waals surface area contributed by atoms with Gasteiger partial charge in [0.15, 0.2) is 0 Å². The SMILES string of the molecule is CCOC1CCCN(C(=O)NCC(CC(=O)O)OC)C1. The molecule has 0 saturated carbocycles. The van der Waals surface area contributed by atoms with Gasteiger partial charge < -0.3 is 24.8 Å². The normalized spacial score (nSPS) is 20.5. The van der Waals surface area contributed by atoms with Gasteiger partial charge in [-0.3, -0.25) is 4.79 Å². The summed E-state index contributed by atoms with van der Waals surface area (Å²) in [6.07, 6.45) is 1.34. The fourth-order valence-electron chi connectivity index (χ4n) is 2.24. The average Bonchev–Trinajstić information content (AvgIpc) is 2.43. The second kappa shape index (κ2) is 8.76. The first-order valence-corrected chi connectivity index (χ1v) is 6.95. The van der Waals surface area contributed by atoms with Gasteiger partial charge in [0.1, 0.15) is 0 Å². The second-order valence-corrected chi connectivity index (χ2v) is 4.81. The van der Waals surface area contributed by atoms with E-state index in [0.29, 0.717) is 19.7 Å². The van der Waals surface area contributed by atoms with E-state index in [-0.39, 0.29) is 25.1 Å². The van der Waals surface area contributed by atoms with Crippen LogP contribution in [0.4, 0.5) is 4.79 Å². The van der Waals surface area contributed by atoms with Gasteiger partial charge in [-0.05, 0) is 19.8 Å². The minimum Gasteiger partial charge on any atom is -0.481 e. The molecule has 1 aliphatic heterocycles. The van der Waals surface area contributed by atoms with Gasteiger partial charge in [0.25, 0.3) is 0 Å². The van der Waals surface area contributed by atoms with E-state index in [9.17, 15) is 9.59 Å². The van der Waals surface area contributed by atoms with Crippen molar-refractivity contribution in [1.82, 2.24) is 10.2 Å². The zero-order valence-electron chi connectivity index (χ0n) is 12.1. The zero-order chi connectivity index (χ0) is 15.0. The number of carbonyl (C=O) groups is 2. The van der Waals surface area contributed by atoms with Gasteiger partial charge in [-0.25, -0.2) is 4.79 Å². The third-order valence-corrected chi connectivity index (χ3v) is 3.28. The maximum Gasteiger partial charge on any atom is 0.317 e. The number of urea groups is 1. The van der Waals surface area contributed by atoms with E-state index in [1.54, 1.807) is 4.90 Å². The summed E-state index contributed by atoms with van der Waals surface area (Å²) in [6.45, 7) is 4.05. The Labute approximate surface area is 119 Å². The number of methoxy groups -OCH3 is 1. The van der Waals surface area contributed by atoms with Crippen LogP contribution >= 0.6 is 0 Å². The predicted molar refractivity (Wildman–Crippen MR) is 72.7 cm³/mol. The lowest BCUT2D eigenvalue weighted by Gasteiger charge is -2.32. The van der Waals surface area contributed by atoms with Crippen LogP contribution in [0.15, 0.2) is 0 Å². The molecule has 1 saturated heterocycles. The number of ether oxygens (including phenoxy) is 2. The molecule has 2 atom stereocenters. The average molecular weight is 288 g/mol. The maximum atomic E-state index is 12.0. The number of aliphatic carboxylic acids is 1. The van der Waals surface area contributed by atoms with Crippen molar-refractivity contribution in [3.63, 3.8) is 0 Å². The predicted octanol–water partition coefficient (Wildman–Crippen LogP) is 0.687. The van der Waals surface area contributed by atoms with E-state index in [2.05, 4.69) is 5.32 Å². The Balaban J connectivity index is 2.35. The minimum absolute atomic E-state index is 0.0942. The smallest absolute Gasteiger partial charge is 0.317 e. The Hall–Kier alpha value is -1.34. The van der Waals surface area contributed by atoms with Crippen LogP contribution in [0.25, 0.3) is 0 Å². The molecule has 1 rings (SSSR count). The van der Waals surface area contributed by atoms with Crippen LogP contribution in [0.1, 0.15) is 26.2 Å². The molecule has 2 unspecified atom stereocenters. The summed E-state index contributed by atoms with van der Waals surface area (Å²) in [6, 6.07) is -0.193. The Morgan fingerprint density at radius 2 is 2.25 bits per heavy atom. The topological polar surface area (TPSA) is 88.1 Å². The molecule has 0 aliphatic carbocycles. The van der Waals surface area contributed by atoms with Crippen LogP contribution in [0.5, 0.6) is 0 Å². The molecular formula is C13H24N2O5. The number of carboxylic acid groups (broad SMARTS) is 1. The van der Waals surface area contributed by atoms with Crippen molar-refractivity contribution in [2.45, 2.75) is 38.4 Å². The number of nitrogens with zero attached hydrogens (tertiary/aromatic N) is 1. The molecule has 0 bridgehead atoms. The number of likely N-dealkylation sites (tertiary alicyclic amines) is 1. The molecule has 0 spiro atoms. The van der Waals surface area contributed by atoms with Crippen molar-refractivity contribution in [3.05, 3.63) is 0 Å². The minimum atomic E-state index is -0.944. The van der Waals surface area contributed by atoms with Crippen molar-refractivity contribution in [2.24, 2.45) is 0 Å². The largest absolute Gasteiger partial charge is 0.481 e. The van der Waals surface area contributed by atoms with Crippen LogP contribution < -0.4 is 5.32 Å². The van der Waals surface area contributed by atoms with Gasteiger partial charge in [-0.2, -0.15) is 0 Å². The van der Waals surface area contributed by atoms with Crippen molar-refractivity contribution in [2.75, 3.05) is 33.4 Å². The molecule has 0 radical (unpaired) electrons. The first-order chi connectivity index (χ1) is 9.56. The molecule has 116 valence electrons. The Kier molecular flexibility index (Phi) is 7.32. The van der Waals surface area contributed by atoms with Gasteiger partial charge in [0.05, 0.1) is 18.6 Å². The summed E-state index contributed by atoms with van der Waals surface area (Å²) < 4.78 is 10.6. The number of nitrogens with one attached hydrogen (secondary N) is 1. The number of amides is 2. The highest BCUT2D eigenvalue weighted by Crippen LogP contribution is 2.13. The lowest BCUT2D eigenvalue weighted by atomic mass is 10.1. The third-order valence-electron chi connectivity index (χ3n) is 3.28. The standard InChI is InChI=1S/C13H24N2O5/c1-3-20-10-5-4-6-15(9-10)13(18)14-8-11(19-2)7-12(16)17/h10-11H,3-9H2,1-2H3,(H,14,18)(H,16,17). The maximum absolute atomic E-state index is 12.0. The summed E-state index contributed by atoms with van der Waals surface area (Å²) in [5.74, 6) is -0.944. The molecule has 2 amide bonds. The fraction of sp³-hybridized carbons (Fsp3) is 0.846. The van der Waals surface area contributed by atoms with E-state index in [1.165, 1.54) is 7.11 Å². The van der Waals surface area contributed by atoms with Crippen LogP contribution in [-0.4, -0.2) is 67.6 Å². The lowest BCUT2D eigenvalue weighted by Crippen LogP contribution is -2.49. The molecule has 7 heteroatoms. The summed E-state index contributed by atoms with van der Waals surface area (Å²) in [5, 5.41) is 11.4. The monoisotopic (exact) mass is 288 g/mol. The van der Waals surface area contributed by atoms with Crippen molar-refractivity contribution >= 4 is 12.0 Å². The van der Waals surface area contributed by atoms with E-state index in [1.807, 2.05) is 6.92 Å². The van der Waals surface area contributed by atoms with Crippen LogP contribution in [0.2, 0.25) is 0 Å². The molecule has 20 heavy (non-hydrogen) atoms. The fourth-order valence-corrected chi connectivity index (χ4v) is 2.24. The molecule has 1 aliphatic rings. The molecule has 0 aromatic rings. The number of hydrogen-bond acceptors (Lipinski definition) is 4. The first kappa shape index (κ1) is 16.7. The third kappa shape index (κ3) is 5.75. The van der Waals surface area contributed by atoms with E-state index in [4.69, 9.17) is 14.6 Å². The van der Waals surface area contributed by atoms with Crippen LogP contribution in [0, 0.1) is 0 Å².